The van der Waals surface area contributed by atoms with Crippen LogP contribution in [0.5, 0.6) is 23.0 Å². The molecule has 0 spiro atoms. The number of hydrogen-bond donors (Lipinski definition) is 2. The number of fused-ring (bicyclic) bond motifs is 4. The first-order valence-corrected chi connectivity index (χ1v) is 19.1. The lowest BCUT2D eigenvalue weighted by atomic mass is 9.87. The first-order chi connectivity index (χ1) is 26.2. The molecule has 2 aliphatic rings. The van der Waals surface area contributed by atoms with E-state index in [2.05, 4.69) is 137 Å². The van der Waals surface area contributed by atoms with E-state index in [4.69, 9.17) is 9.47 Å². The maximum absolute atomic E-state index is 12.5. The maximum Gasteiger partial charge on any atom is 0.127 e. The number of rotatable bonds is 4. The van der Waals surface area contributed by atoms with E-state index < -0.39 is 0 Å². The van der Waals surface area contributed by atoms with Gasteiger partial charge < -0.3 is 19.7 Å². The Kier molecular flexibility index (Phi) is 8.42. The summed E-state index contributed by atoms with van der Waals surface area (Å²) in [5.74, 6) is 2.20. The van der Waals surface area contributed by atoms with Gasteiger partial charge in [0.1, 0.15) is 23.0 Å². The van der Waals surface area contributed by atoms with E-state index in [9.17, 15) is 10.2 Å². The molecule has 0 heterocycles. The van der Waals surface area contributed by atoms with Crippen LogP contribution in [0.3, 0.4) is 0 Å². The minimum Gasteiger partial charge on any atom is -0.508 e. The zero-order chi connectivity index (χ0) is 37.1. The van der Waals surface area contributed by atoms with Crippen LogP contribution in [0.2, 0.25) is 0 Å². The van der Waals surface area contributed by atoms with Gasteiger partial charge in [0.05, 0.1) is 12.2 Å². The molecule has 0 amide bonds. The molecule has 0 unspecified atom stereocenters. The minimum atomic E-state index is -0.0924. The highest BCUT2D eigenvalue weighted by Gasteiger charge is 2.25. The second-order valence-electron chi connectivity index (χ2n) is 15.3. The van der Waals surface area contributed by atoms with Crippen molar-refractivity contribution in [2.45, 2.75) is 65.6 Å². The second-order valence-corrected chi connectivity index (χ2v) is 15.3. The average molecular weight is 709 g/mol. The van der Waals surface area contributed by atoms with Crippen molar-refractivity contribution in [1.82, 2.24) is 0 Å². The van der Waals surface area contributed by atoms with Gasteiger partial charge in [-0.3, -0.25) is 0 Å². The molecule has 0 saturated carbocycles. The third kappa shape index (κ3) is 5.87. The summed E-state index contributed by atoms with van der Waals surface area (Å²) in [6, 6.07) is 42.2. The van der Waals surface area contributed by atoms with Gasteiger partial charge in [0, 0.05) is 47.9 Å². The van der Waals surface area contributed by atoms with Crippen LogP contribution in [0.4, 0.5) is 0 Å². The summed E-state index contributed by atoms with van der Waals surface area (Å²) in [6.07, 6.45) is 1.79. The predicted molar refractivity (Wildman–Crippen MR) is 222 cm³/mol. The van der Waals surface area contributed by atoms with Crippen LogP contribution in [0.25, 0.3) is 43.1 Å². The summed E-state index contributed by atoms with van der Waals surface area (Å²) in [6.45, 7) is 8.24. The highest BCUT2D eigenvalue weighted by Crippen LogP contribution is 2.45. The van der Waals surface area contributed by atoms with Gasteiger partial charge in [-0.1, -0.05) is 97.1 Å². The standard InChI is InChI=1S/C50H44O4/c1-29(2)53-49-36-22-32-14-7-10-18-40(32)46(49)28-44-38-16-8-5-13-31(38)21-35(48(44)52)25-37-23-33-15-6-9-17-39(33)45(50(37)54-30(3)4)27-43-42-20-12-11-19-41(42)34(24-36)26-47(43)51/h5-23,26,29-30,51-52H,24-25,27-28H2,1-4H3. The number of hydrogen-bond acceptors (Lipinski definition) is 4. The van der Waals surface area contributed by atoms with Crippen LogP contribution in [-0.2, 0) is 25.7 Å². The average Bonchev–Trinajstić information content (AvgIpc) is 3.16. The molecule has 8 bridgehead atoms. The lowest BCUT2D eigenvalue weighted by molar-refractivity contribution is 0.238. The molecule has 10 rings (SSSR count). The lowest BCUT2D eigenvalue weighted by Gasteiger charge is -2.23. The smallest absolute Gasteiger partial charge is 0.127 e. The van der Waals surface area contributed by atoms with E-state index >= 15 is 0 Å². The molecule has 268 valence electrons. The highest BCUT2D eigenvalue weighted by atomic mass is 16.5. The van der Waals surface area contributed by atoms with Crippen molar-refractivity contribution in [1.29, 1.82) is 0 Å². The summed E-state index contributed by atoms with van der Waals surface area (Å²) in [5.41, 5.74) is 7.72. The third-order valence-corrected chi connectivity index (χ3v) is 11.0. The number of ether oxygens (including phenoxy) is 2. The summed E-state index contributed by atoms with van der Waals surface area (Å²) in [7, 11) is 0. The summed E-state index contributed by atoms with van der Waals surface area (Å²) >= 11 is 0. The maximum atomic E-state index is 12.5. The van der Waals surface area contributed by atoms with Crippen molar-refractivity contribution in [3.8, 4) is 23.0 Å². The van der Waals surface area contributed by atoms with Crippen molar-refractivity contribution < 1.29 is 19.7 Å². The van der Waals surface area contributed by atoms with Gasteiger partial charge in [-0.15, -0.1) is 0 Å². The third-order valence-electron chi connectivity index (χ3n) is 11.0. The van der Waals surface area contributed by atoms with Crippen LogP contribution >= 0.6 is 0 Å². The highest BCUT2D eigenvalue weighted by molar-refractivity contribution is 5.96. The largest absolute Gasteiger partial charge is 0.508 e. The van der Waals surface area contributed by atoms with E-state index in [-0.39, 0.29) is 18.0 Å². The van der Waals surface area contributed by atoms with E-state index in [1.165, 1.54) is 0 Å². The fourth-order valence-corrected chi connectivity index (χ4v) is 8.69. The molecular formula is C50H44O4. The van der Waals surface area contributed by atoms with Crippen molar-refractivity contribution in [3.63, 3.8) is 0 Å². The number of phenols is 2. The van der Waals surface area contributed by atoms with Crippen LogP contribution in [0.15, 0.2) is 121 Å². The van der Waals surface area contributed by atoms with Gasteiger partial charge in [-0.05, 0) is 117 Å². The summed E-state index contributed by atoms with van der Waals surface area (Å²) in [5, 5.41) is 33.2. The molecule has 0 aromatic heterocycles. The molecule has 4 nitrogen and oxygen atoms in total. The molecular weight excluding hydrogens is 665 g/mol. The van der Waals surface area contributed by atoms with Crippen LogP contribution in [0.1, 0.15) is 72.2 Å². The Bertz CT molecular complexity index is 2760. The second kappa shape index (κ2) is 13.4. The Balaban J connectivity index is 1.42. The van der Waals surface area contributed by atoms with E-state index in [0.717, 1.165) is 99.1 Å². The molecule has 0 radical (unpaired) electrons. The molecule has 4 heteroatoms. The zero-order valence-corrected chi connectivity index (χ0v) is 31.2. The topological polar surface area (TPSA) is 58.9 Å². The summed E-state index contributed by atoms with van der Waals surface area (Å²) < 4.78 is 13.6. The Morgan fingerprint density at radius 3 is 1.33 bits per heavy atom. The molecule has 2 aliphatic carbocycles. The fourth-order valence-electron chi connectivity index (χ4n) is 8.69. The number of phenolic OH excluding ortho intramolecular Hbond substituents is 2. The van der Waals surface area contributed by atoms with Crippen LogP contribution in [0, 0.1) is 0 Å². The molecule has 8 aromatic rings. The Labute approximate surface area is 316 Å². The number of benzene rings is 8. The molecule has 0 fully saturated rings. The van der Waals surface area contributed by atoms with Crippen molar-refractivity contribution in [2.24, 2.45) is 0 Å². The van der Waals surface area contributed by atoms with Crippen molar-refractivity contribution >= 4 is 43.1 Å². The molecule has 0 aliphatic heterocycles. The van der Waals surface area contributed by atoms with E-state index in [1.54, 1.807) is 0 Å². The monoisotopic (exact) mass is 708 g/mol. The molecule has 2 N–H and O–H groups in total. The first-order valence-electron chi connectivity index (χ1n) is 19.1. The predicted octanol–water partition coefficient (Wildman–Crippen LogP) is 12.0. The zero-order valence-electron chi connectivity index (χ0n) is 31.2. The van der Waals surface area contributed by atoms with E-state index in [0.29, 0.717) is 31.4 Å². The Morgan fingerprint density at radius 2 is 0.815 bits per heavy atom. The van der Waals surface area contributed by atoms with Crippen molar-refractivity contribution in [3.05, 3.63) is 166 Å². The molecule has 0 atom stereocenters. The summed E-state index contributed by atoms with van der Waals surface area (Å²) in [4.78, 5) is 0. The van der Waals surface area contributed by atoms with Gasteiger partial charge in [0.15, 0.2) is 0 Å². The Hall–Kier alpha value is -6.00. The SMILES string of the molecule is CC(C)Oc1c2cc3ccccc3c1Cc1c(O)c(cc3ccccc13)Cc1cc3ccccc3c(c1OC(C)C)Cc1c(O)cc(c3ccccc13)C2. The quantitative estimate of drug-likeness (QED) is 0.191. The molecule has 0 saturated heterocycles. The fraction of sp³-hybridized carbons (Fsp3) is 0.200. The van der Waals surface area contributed by atoms with E-state index in [1.807, 2.05) is 12.1 Å². The van der Waals surface area contributed by atoms with Crippen molar-refractivity contribution in [2.75, 3.05) is 0 Å². The van der Waals surface area contributed by atoms with Gasteiger partial charge in [0.25, 0.3) is 0 Å². The van der Waals surface area contributed by atoms with Gasteiger partial charge in [-0.2, -0.15) is 0 Å². The van der Waals surface area contributed by atoms with Crippen LogP contribution < -0.4 is 9.47 Å². The normalized spacial score (nSPS) is 13.0. The minimum absolute atomic E-state index is 0.0817. The lowest BCUT2D eigenvalue weighted by Crippen LogP contribution is -2.11. The number of aromatic hydroxyl groups is 2. The Morgan fingerprint density at radius 1 is 0.407 bits per heavy atom. The van der Waals surface area contributed by atoms with Gasteiger partial charge in [-0.25, -0.2) is 0 Å². The first kappa shape index (κ1) is 33.8. The van der Waals surface area contributed by atoms with Gasteiger partial charge >= 0.3 is 0 Å². The van der Waals surface area contributed by atoms with Gasteiger partial charge in [0.2, 0.25) is 0 Å². The molecule has 54 heavy (non-hydrogen) atoms. The molecule has 8 aromatic carbocycles. The van der Waals surface area contributed by atoms with Crippen LogP contribution in [-0.4, -0.2) is 22.4 Å².